The number of hydrogen-bond donors (Lipinski definition) is 1. The molecule has 3 aromatic rings. The number of nitrogens with zero attached hydrogens (tertiary/aromatic N) is 2. The molecule has 3 rings (SSSR count). The van der Waals surface area contributed by atoms with Crippen LogP contribution in [-0.4, -0.2) is 37.3 Å². The number of methoxy groups -OCH3 is 2. The lowest BCUT2D eigenvalue weighted by Gasteiger charge is -2.09. The van der Waals surface area contributed by atoms with Gasteiger partial charge in [-0.05, 0) is 60.2 Å². The first-order valence-corrected chi connectivity index (χ1v) is 8.88. The van der Waals surface area contributed by atoms with Crippen LogP contribution in [0.5, 0.6) is 17.2 Å². The maximum absolute atomic E-state index is 12.4. The summed E-state index contributed by atoms with van der Waals surface area (Å²) in [5.74, 6) is 0.463. The summed E-state index contributed by atoms with van der Waals surface area (Å²) >= 11 is 0. The smallest absolute Gasteiger partial charge is 0.343 e. The van der Waals surface area contributed by atoms with Crippen LogP contribution in [0.15, 0.2) is 72.1 Å². The zero-order valence-corrected chi connectivity index (χ0v) is 16.4. The quantitative estimate of drug-likeness (QED) is 0.281. The lowest BCUT2D eigenvalue weighted by atomic mass is 10.2. The Labute approximate surface area is 173 Å². The van der Waals surface area contributed by atoms with E-state index in [4.69, 9.17) is 14.2 Å². The molecule has 1 aromatic heterocycles. The summed E-state index contributed by atoms with van der Waals surface area (Å²) in [6.07, 6.45) is 4.54. The van der Waals surface area contributed by atoms with Crippen molar-refractivity contribution in [3.63, 3.8) is 0 Å². The number of benzene rings is 2. The van der Waals surface area contributed by atoms with E-state index in [0.29, 0.717) is 28.4 Å². The average Bonchev–Trinajstić information content (AvgIpc) is 2.80. The summed E-state index contributed by atoms with van der Waals surface area (Å²) in [4.78, 5) is 28.1. The molecule has 0 spiro atoms. The highest BCUT2D eigenvalue weighted by molar-refractivity contribution is 5.94. The van der Waals surface area contributed by atoms with E-state index < -0.39 is 5.97 Å². The first-order valence-electron chi connectivity index (χ1n) is 8.88. The van der Waals surface area contributed by atoms with E-state index in [9.17, 15) is 9.59 Å². The number of aromatic nitrogens is 1. The van der Waals surface area contributed by atoms with Gasteiger partial charge in [-0.25, -0.2) is 10.2 Å². The van der Waals surface area contributed by atoms with Crippen LogP contribution >= 0.6 is 0 Å². The van der Waals surface area contributed by atoms with Gasteiger partial charge in [-0.3, -0.25) is 9.78 Å². The minimum atomic E-state index is -0.526. The number of amides is 1. The second kappa shape index (κ2) is 9.83. The molecule has 8 nitrogen and oxygen atoms in total. The molecule has 0 saturated carbocycles. The number of esters is 1. The number of nitrogens with one attached hydrogen (secondary N) is 1. The van der Waals surface area contributed by atoms with Gasteiger partial charge in [0.15, 0.2) is 11.5 Å². The number of ether oxygens (including phenoxy) is 3. The van der Waals surface area contributed by atoms with Crippen molar-refractivity contribution < 1.29 is 23.8 Å². The molecule has 1 amide bonds. The lowest BCUT2D eigenvalue weighted by molar-refractivity contribution is 0.0734. The van der Waals surface area contributed by atoms with Gasteiger partial charge in [0.1, 0.15) is 5.75 Å². The van der Waals surface area contributed by atoms with Crippen molar-refractivity contribution in [1.82, 2.24) is 10.4 Å². The number of pyridine rings is 1. The topological polar surface area (TPSA) is 99.1 Å². The molecule has 0 aliphatic rings. The number of carbonyl (C=O) groups is 2. The largest absolute Gasteiger partial charge is 0.493 e. The lowest BCUT2D eigenvalue weighted by Crippen LogP contribution is -2.17. The fraction of sp³-hybridized carbons (Fsp3) is 0.0909. The molecule has 0 unspecified atom stereocenters. The van der Waals surface area contributed by atoms with E-state index in [0.717, 1.165) is 5.56 Å². The summed E-state index contributed by atoms with van der Waals surface area (Å²) in [5.41, 5.74) is 3.94. The molecule has 0 aliphatic carbocycles. The third-order valence-electron chi connectivity index (χ3n) is 4.03. The maximum atomic E-state index is 12.4. The van der Waals surface area contributed by atoms with Gasteiger partial charge in [0, 0.05) is 18.0 Å². The van der Waals surface area contributed by atoms with Gasteiger partial charge in [-0.15, -0.1) is 0 Å². The van der Waals surface area contributed by atoms with E-state index in [1.54, 1.807) is 54.6 Å². The normalized spacial score (nSPS) is 10.5. The van der Waals surface area contributed by atoms with Crippen molar-refractivity contribution in [1.29, 1.82) is 0 Å². The van der Waals surface area contributed by atoms with Crippen molar-refractivity contribution >= 4 is 18.1 Å². The SMILES string of the molecule is COc1ccc(C(=O)Oc2ccc(C=NNC(=O)c3ccncc3)cc2)cc1OC. The Bertz CT molecular complexity index is 1050. The first-order chi connectivity index (χ1) is 14.6. The molecule has 1 N–H and O–H groups in total. The highest BCUT2D eigenvalue weighted by Crippen LogP contribution is 2.28. The predicted octanol–water partition coefficient (Wildman–Crippen LogP) is 3.08. The molecule has 30 heavy (non-hydrogen) atoms. The molecule has 0 fully saturated rings. The number of hydrogen-bond acceptors (Lipinski definition) is 7. The summed E-state index contributed by atoms with van der Waals surface area (Å²) < 4.78 is 15.7. The van der Waals surface area contributed by atoms with Crippen LogP contribution in [0.3, 0.4) is 0 Å². The van der Waals surface area contributed by atoms with Crippen molar-refractivity contribution in [2.24, 2.45) is 5.10 Å². The predicted molar refractivity (Wildman–Crippen MR) is 110 cm³/mol. The summed E-state index contributed by atoms with van der Waals surface area (Å²) in [6.45, 7) is 0. The molecule has 2 aromatic carbocycles. The standard InChI is InChI=1S/C22H19N3O5/c1-28-19-8-5-17(13-20(19)29-2)22(27)30-18-6-3-15(4-7-18)14-24-25-21(26)16-9-11-23-12-10-16/h3-14H,1-2H3,(H,25,26). The Morgan fingerprint density at radius 2 is 1.60 bits per heavy atom. The van der Waals surface area contributed by atoms with Gasteiger partial charge in [0.05, 0.1) is 26.0 Å². The Morgan fingerprint density at radius 1 is 0.900 bits per heavy atom. The highest BCUT2D eigenvalue weighted by atomic mass is 16.5. The maximum Gasteiger partial charge on any atom is 0.343 e. The van der Waals surface area contributed by atoms with E-state index in [1.165, 1.54) is 32.8 Å². The average molecular weight is 405 g/mol. The second-order valence-corrected chi connectivity index (χ2v) is 5.96. The Hall–Kier alpha value is -4.20. The molecule has 8 heteroatoms. The number of carbonyl (C=O) groups excluding carboxylic acids is 2. The van der Waals surface area contributed by atoms with E-state index >= 15 is 0 Å². The summed E-state index contributed by atoms with van der Waals surface area (Å²) in [5, 5.41) is 3.91. The van der Waals surface area contributed by atoms with Gasteiger partial charge in [-0.2, -0.15) is 5.10 Å². The third-order valence-corrected chi connectivity index (χ3v) is 4.03. The summed E-state index contributed by atoms with van der Waals surface area (Å²) in [7, 11) is 3.01. The molecule has 0 atom stereocenters. The van der Waals surface area contributed by atoms with Crippen LogP contribution in [0.1, 0.15) is 26.3 Å². The molecule has 0 aliphatic heterocycles. The molecular formula is C22H19N3O5. The van der Waals surface area contributed by atoms with E-state index in [-0.39, 0.29) is 5.91 Å². The fourth-order valence-electron chi connectivity index (χ4n) is 2.48. The molecule has 0 saturated heterocycles. The van der Waals surface area contributed by atoms with Crippen LogP contribution < -0.4 is 19.6 Å². The minimum absolute atomic E-state index is 0.331. The molecular weight excluding hydrogens is 386 g/mol. The van der Waals surface area contributed by atoms with Gasteiger partial charge in [0.25, 0.3) is 5.91 Å². The number of hydrazone groups is 1. The van der Waals surface area contributed by atoms with Gasteiger partial charge in [0.2, 0.25) is 0 Å². The molecule has 1 heterocycles. The minimum Gasteiger partial charge on any atom is -0.493 e. The first kappa shape index (κ1) is 20.5. The van der Waals surface area contributed by atoms with Crippen molar-refractivity contribution in [3.8, 4) is 17.2 Å². The van der Waals surface area contributed by atoms with Gasteiger partial charge in [-0.1, -0.05) is 0 Å². The molecule has 152 valence electrons. The van der Waals surface area contributed by atoms with Crippen molar-refractivity contribution in [3.05, 3.63) is 83.7 Å². The monoisotopic (exact) mass is 405 g/mol. The zero-order valence-electron chi connectivity index (χ0n) is 16.4. The Kier molecular flexibility index (Phi) is 6.73. The highest BCUT2D eigenvalue weighted by Gasteiger charge is 2.13. The third kappa shape index (κ3) is 5.20. The van der Waals surface area contributed by atoms with E-state index in [2.05, 4.69) is 15.5 Å². The summed E-state index contributed by atoms with van der Waals surface area (Å²) in [6, 6.07) is 14.6. The van der Waals surface area contributed by atoms with Crippen LogP contribution in [0.2, 0.25) is 0 Å². The van der Waals surface area contributed by atoms with Crippen LogP contribution in [-0.2, 0) is 0 Å². The zero-order chi connectivity index (χ0) is 21.3. The van der Waals surface area contributed by atoms with Crippen LogP contribution in [0, 0.1) is 0 Å². The molecule has 0 bridgehead atoms. The van der Waals surface area contributed by atoms with Gasteiger partial charge < -0.3 is 14.2 Å². The van der Waals surface area contributed by atoms with E-state index in [1.807, 2.05) is 0 Å². The second-order valence-electron chi connectivity index (χ2n) is 5.96. The van der Waals surface area contributed by atoms with Crippen LogP contribution in [0.4, 0.5) is 0 Å². The Balaban J connectivity index is 1.59. The fourth-order valence-corrected chi connectivity index (χ4v) is 2.48. The van der Waals surface area contributed by atoms with Crippen LogP contribution in [0.25, 0.3) is 0 Å². The Morgan fingerprint density at radius 3 is 2.27 bits per heavy atom. The van der Waals surface area contributed by atoms with Crippen molar-refractivity contribution in [2.75, 3.05) is 14.2 Å². The van der Waals surface area contributed by atoms with Crippen molar-refractivity contribution in [2.45, 2.75) is 0 Å². The number of rotatable bonds is 7. The molecule has 0 radical (unpaired) electrons. The van der Waals surface area contributed by atoms with Gasteiger partial charge >= 0.3 is 5.97 Å².